The van der Waals surface area contributed by atoms with E-state index in [-0.39, 0.29) is 17.8 Å². The summed E-state index contributed by atoms with van der Waals surface area (Å²) in [6, 6.07) is 19.9. The fraction of sp³-hybridized carbons (Fsp3) is 0.250. The molecular formula is C28H28FN3O4. The normalized spacial score (nSPS) is 11.0. The number of hydrogen-bond donors (Lipinski definition) is 1. The SMILES string of the molecule is CCOc1ccc(-c2ccc(CCCc3nn(C)c(=O)n3-c3ccccc3F)cc2)cc1CC(=O)O. The summed E-state index contributed by atoms with van der Waals surface area (Å²) in [7, 11) is 1.56. The number of ether oxygens (including phenoxy) is 1. The highest BCUT2D eigenvalue weighted by Gasteiger charge is 2.16. The van der Waals surface area contributed by atoms with Gasteiger partial charge in [-0.3, -0.25) is 4.79 Å². The van der Waals surface area contributed by atoms with Gasteiger partial charge in [-0.1, -0.05) is 42.5 Å². The minimum Gasteiger partial charge on any atom is -0.494 e. The van der Waals surface area contributed by atoms with E-state index in [0.717, 1.165) is 29.5 Å². The molecule has 0 radical (unpaired) electrons. The second kappa shape index (κ2) is 11.0. The van der Waals surface area contributed by atoms with Crippen LogP contribution in [0.4, 0.5) is 4.39 Å². The van der Waals surface area contributed by atoms with Crippen LogP contribution in [0.25, 0.3) is 16.8 Å². The molecule has 0 aliphatic heterocycles. The van der Waals surface area contributed by atoms with Crippen LogP contribution in [0.1, 0.15) is 30.3 Å². The fourth-order valence-electron chi connectivity index (χ4n) is 4.22. The molecular weight excluding hydrogens is 461 g/mol. The quantitative estimate of drug-likeness (QED) is 0.353. The number of para-hydroxylation sites is 1. The highest BCUT2D eigenvalue weighted by Crippen LogP contribution is 2.28. The van der Waals surface area contributed by atoms with Crippen molar-refractivity contribution >= 4 is 5.97 Å². The molecule has 0 saturated heterocycles. The molecule has 186 valence electrons. The molecule has 4 rings (SSSR count). The number of rotatable bonds is 10. The first kappa shape index (κ1) is 24.9. The first-order valence-electron chi connectivity index (χ1n) is 11.8. The Kier molecular flexibility index (Phi) is 7.63. The molecule has 0 fully saturated rings. The fourth-order valence-corrected chi connectivity index (χ4v) is 4.22. The average molecular weight is 490 g/mol. The van der Waals surface area contributed by atoms with Crippen LogP contribution in [0.15, 0.2) is 71.5 Å². The van der Waals surface area contributed by atoms with E-state index in [9.17, 15) is 19.1 Å². The van der Waals surface area contributed by atoms with E-state index in [1.54, 1.807) is 25.2 Å². The third kappa shape index (κ3) is 5.54. The van der Waals surface area contributed by atoms with Gasteiger partial charge in [0.05, 0.1) is 18.7 Å². The Balaban J connectivity index is 1.46. The molecule has 0 unspecified atom stereocenters. The van der Waals surface area contributed by atoms with Crippen molar-refractivity contribution in [3.8, 4) is 22.6 Å². The van der Waals surface area contributed by atoms with Gasteiger partial charge >= 0.3 is 11.7 Å². The van der Waals surface area contributed by atoms with Crippen molar-refractivity contribution in [2.24, 2.45) is 7.05 Å². The van der Waals surface area contributed by atoms with Gasteiger partial charge in [0, 0.05) is 19.0 Å². The lowest BCUT2D eigenvalue weighted by Gasteiger charge is -2.12. The van der Waals surface area contributed by atoms with Crippen LogP contribution in [0.2, 0.25) is 0 Å². The molecule has 0 spiro atoms. The van der Waals surface area contributed by atoms with Gasteiger partial charge in [0.25, 0.3) is 0 Å². The number of nitrogens with zero attached hydrogens (tertiary/aromatic N) is 3. The van der Waals surface area contributed by atoms with Crippen LogP contribution in [-0.4, -0.2) is 32.0 Å². The molecule has 1 N–H and O–H groups in total. The van der Waals surface area contributed by atoms with E-state index in [2.05, 4.69) is 5.10 Å². The zero-order valence-corrected chi connectivity index (χ0v) is 20.3. The maximum Gasteiger partial charge on any atom is 0.350 e. The Labute approximate surface area is 208 Å². The Hall–Kier alpha value is -4.20. The van der Waals surface area contributed by atoms with Crippen molar-refractivity contribution in [1.29, 1.82) is 0 Å². The topological polar surface area (TPSA) is 86.4 Å². The van der Waals surface area contributed by atoms with Crippen LogP contribution in [0.3, 0.4) is 0 Å². The number of carboxylic acids is 1. The predicted octanol–water partition coefficient (Wildman–Crippen LogP) is 4.58. The molecule has 1 heterocycles. The maximum absolute atomic E-state index is 14.3. The van der Waals surface area contributed by atoms with Crippen molar-refractivity contribution in [1.82, 2.24) is 14.3 Å². The van der Waals surface area contributed by atoms with E-state index >= 15 is 0 Å². The van der Waals surface area contributed by atoms with E-state index in [4.69, 9.17) is 4.74 Å². The molecule has 8 heteroatoms. The molecule has 1 aromatic heterocycles. The van der Waals surface area contributed by atoms with Gasteiger partial charge < -0.3 is 9.84 Å². The van der Waals surface area contributed by atoms with Gasteiger partial charge in [-0.05, 0) is 60.7 Å². The standard InChI is InChI=1S/C28H28FN3O4/c1-3-36-25-16-15-21(17-22(25)18-27(33)34)20-13-11-19(12-14-20)7-6-10-26-30-31(2)28(35)32(26)24-9-5-4-8-23(24)29/h4-5,8-9,11-17H,3,6-7,10,18H2,1-2H3,(H,33,34). The minimum atomic E-state index is -0.906. The highest BCUT2D eigenvalue weighted by atomic mass is 19.1. The smallest absolute Gasteiger partial charge is 0.350 e. The number of aryl methyl sites for hydroxylation is 3. The monoisotopic (exact) mass is 489 g/mol. The third-order valence-corrected chi connectivity index (χ3v) is 5.94. The predicted molar refractivity (Wildman–Crippen MR) is 135 cm³/mol. The van der Waals surface area contributed by atoms with Gasteiger partial charge in [0.1, 0.15) is 17.4 Å². The number of aromatic nitrogens is 3. The Morgan fingerprint density at radius 3 is 2.44 bits per heavy atom. The number of carbonyl (C=O) groups is 1. The van der Waals surface area contributed by atoms with Gasteiger partial charge in [-0.15, -0.1) is 0 Å². The molecule has 0 aliphatic rings. The van der Waals surface area contributed by atoms with Crippen molar-refractivity contribution < 1.29 is 19.0 Å². The summed E-state index contributed by atoms with van der Waals surface area (Å²) in [5.74, 6) is -0.268. The first-order chi connectivity index (χ1) is 17.4. The van der Waals surface area contributed by atoms with Crippen LogP contribution >= 0.6 is 0 Å². The second-order valence-electron chi connectivity index (χ2n) is 8.49. The van der Waals surface area contributed by atoms with Gasteiger partial charge in [0.15, 0.2) is 0 Å². The number of carboxylic acid groups (broad SMARTS) is 1. The van der Waals surface area contributed by atoms with Crippen molar-refractivity contribution in [2.75, 3.05) is 6.61 Å². The summed E-state index contributed by atoms with van der Waals surface area (Å²) < 4.78 is 22.5. The van der Waals surface area contributed by atoms with E-state index in [1.165, 1.54) is 15.3 Å². The summed E-state index contributed by atoms with van der Waals surface area (Å²) in [4.78, 5) is 23.8. The van der Waals surface area contributed by atoms with Crippen molar-refractivity contribution in [3.63, 3.8) is 0 Å². The Bertz CT molecular complexity index is 1420. The lowest BCUT2D eigenvalue weighted by Crippen LogP contribution is -2.23. The maximum atomic E-state index is 14.3. The van der Waals surface area contributed by atoms with E-state index < -0.39 is 11.8 Å². The number of benzene rings is 3. The average Bonchev–Trinajstić information content (AvgIpc) is 3.14. The van der Waals surface area contributed by atoms with E-state index in [0.29, 0.717) is 30.2 Å². The third-order valence-electron chi connectivity index (χ3n) is 5.94. The van der Waals surface area contributed by atoms with Crippen LogP contribution < -0.4 is 10.4 Å². The Morgan fingerprint density at radius 2 is 1.75 bits per heavy atom. The zero-order chi connectivity index (χ0) is 25.7. The molecule has 0 saturated carbocycles. The molecule has 7 nitrogen and oxygen atoms in total. The van der Waals surface area contributed by atoms with Crippen LogP contribution in [0, 0.1) is 5.82 Å². The number of aliphatic carboxylic acids is 1. The van der Waals surface area contributed by atoms with Gasteiger partial charge in [-0.25, -0.2) is 18.4 Å². The van der Waals surface area contributed by atoms with Crippen molar-refractivity contribution in [3.05, 3.63) is 100.0 Å². The van der Waals surface area contributed by atoms with Gasteiger partial charge in [-0.2, -0.15) is 5.10 Å². The lowest BCUT2D eigenvalue weighted by molar-refractivity contribution is -0.136. The largest absolute Gasteiger partial charge is 0.494 e. The molecule has 0 bridgehead atoms. The summed E-state index contributed by atoms with van der Waals surface area (Å²) in [6.07, 6.45) is 1.91. The summed E-state index contributed by atoms with van der Waals surface area (Å²) >= 11 is 0. The zero-order valence-electron chi connectivity index (χ0n) is 20.3. The molecule has 0 aliphatic carbocycles. The molecule has 4 aromatic rings. The number of halogens is 1. The highest BCUT2D eigenvalue weighted by molar-refractivity contribution is 5.74. The summed E-state index contributed by atoms with van der Waals surface area (Å²) in [5.41, 5.74) is 3.48. The second-order valence-corrected chi connectivity index (χ2v) is 8.49. The molecule has 3 aromatic carbocycles. The van der Waals surface area contributed by atoms with Crippen LogP contribution in [-0.2, 0) is 31.1 Å². The molecule has 0 amide bonds. The lowest BCUT2D eigenvalue weighted by atomic mass is 9.98. The van der Waals surface area contributed by atoms with Gasteiger partial charge in [0.2, 0.25) is 0 Å². The Morgan fingerprint density at radius 1 is 1.03 bits per heavy atom. The van der Waals surface area contributed by atoms with Crippen molar-refractivity contribution in [2.45, 2.75) is 32.6 Å². The van der Waals surface area contributed by atoms with E-state index in [1.807, 2.05) is 49.4 Å². The minimum absolute atomic E-state index is 0.104. The molecule has 0 atom stereocenters. The first-order valence-corrected chi connectivity index (χ1v) is 11.8. The van der Waals surface area contributed by atoms with Crippen LogP contribution in [0.5, 0.6) is 5.75 Å². The molecule has 36 heavy (non-hydrogen) atoms. The summed E-state index contributed by atoms with van der Waals surface area (Å²) in [6.45, 7) is 2.33. The number of hydrogen-bond acceptors (Lipinski definition) is 4. The summed E-state index contributed by atoms with van der Waals surface area (Å²) in [5, 5.41) is 13.5.